The molecule has 6 heteroatoms. The summed E-state index contributed by atoms with van der Waals surface area (Å²) in [6, 6.07) is 22.7. The molecule has 0 atom stereocenters. The molecule has 33 heavy (non-hydrogen) atoms. The summed E-state index contributed by atoms with van der Waals surface area (Å²) in [6.45, 7) is 4.50. The Bertz CT molecular complexity index is 1410. The van der Waals surface area contributed by atoms with Crippen molar-refractivity contribution in [2.45, 2.75) is 32.4 Å². The molecule has 4 aromatic rings. The van der Waals surface area contributed by atoms with Gasteiger partial charge in [-0.05, 0) is 48.6 Å². The predicted octanol–water partition coefficient (Wildman–Crippen LogP) is 3.91. The molecule has 0 radical (unpaired) electrons. The van der Waals surface area contributed by atoms with Gasteiger partial charge in [0.25, 0.3) is 0 Å². The van der Waals surface area contributed by atoms with Crippen LogP contribution in [-0.4, -0.2) is 32.1 Å². The van der Waals surface area contributed by atoms with Crippen LogP contribution in [0.3, 0.4) is 0 Å². The quantitative estimate of drug-likeness (QED) is 0.452. The number of nitrogens with zero attached hydrogens (tertiary/aromatic N) is 4. The lowest BCUT2D eigenvalue weighted by molar-refractivity contribution is 0.179. The SMILES string of the molecule is Cc1ccc2c(n1)n(C1CCN(Cc3ccccc3-c3ccccc3)CC1)c(=O)c(=O)n2C. The van der Waals surface area contributed by atoms with Gasteiger partial charge in [-0.1, -0.05) is 54.6 Å². The van der Waals surface area contributed by atoms with E-state index in [-0.39, 0.29) is 6.04 Å². The highest BCUT2D eigenvalue weighted by Crippen LogP contribution is 2.28. The second-order valence-corrected chi connectivity index (χ2v) is 8.87. The van der Waals surface area contributed by atoms with Gasteiger partial charge in [-0.3, -0.25) is 19.1 Å². The second kappa shape index (κ2) is 8.79. The average molecular weight is 441 g/mol. The van der Waals surface area contributed by atoms with Crippen LogP contribution in [0.4, 0.5) is 0 Å². The fourth-order valence-electron chi connectivity index (χ4n) is 4.90. The molecule has 0 unspecified atom stereocenters. The molecule has 0 N–H and O–H groups in total. The molecule has 1 aliphatic heterocycles. The maximum absolute atomic E-state index is 13.0. The Kier molecular flexibility index (Phi) is 5.68. The zero-order chi connectivity index (χ0) is 22.9. The Morgan fingerprint density at radius 1 is 0.879 bits per heavy atom. The first-order valence-electron chi connectivity index (χ1n) is 11.5. The number of aryl methyl sites for hydroxylation is 2. The highest BCUT2D eigenvalue weighted by atomic mass is 16.2. The highest BCUT2D eigenvalue weighted by Gasteiger charge is 2.25. The molecule has 1 fully saturated rings. The predicted molar refractivity (Wildman–Crippen MR) is 131 cm³/mol. The zero-order valence-corrected chi connectivity index (χ0v) is 19.1. The molecule has 0 spiro atoms. The molecule has 0 saturated carbocycles. The van der Waals surface area contributed by atoms with Gasteiger partial charge in [0.2, 0.25) is 0 Å². The lowest BCUT2D eigenvalue weighted by Crippen LogP contribution is -2.45. The maximum atomic E-state index is 13.0. The average Bonchev–Trinajstić information content (AvgIpc) is 2.84. The Labute approximate surface area is 192 Å². The topological polar surface area (TPSA) is 60.1 Å². The van der Waals surface area contributed by atoms with Crippen LogP contribution in [-0.2, 0) is 13.6 Å². The highest BCUT2D eigenvalue weighted by molar-refractivity contribution is 5.71. The van der Waals surface area contributed by atoms with E-state index in [1.54, 1.807) is 11.6 Å². The van der Waals surface area contributed by atoms with Crippen LogP contribution in [0.5, 0.6) is 0 Å². The van der Waals surface area contributed by atoms with Gasteiger partial charge >= 0.3 is 11.1 Å². The van der Waals surface area contributed by atoms with Crippen molar-refractivity contribution in [3.63, 3.8) is 0 Å². The van der Waals surface area contributed by atoms with Gasteiger partial charge in [-0.25, -0.2) is 4.98 Å². The first-order chi connectivity index (χ1) is 16.0. The lowest BCUT2D eigenvalue weighted by Gasteiger charge is -2.33. The third-order valence-corrected chi connectivity index (χ3v) is 6.71. The van der Waals surface area contributed by atoms with Gasteiger partial charge in [0.15, 0.2) is 5.65 Å². The third kappa shape index (κ3) is 4.02. The van der Waals surface area contributed by atoms with Crippen molar-refractivity contribution in [2.24, 2.45) is 7.05 Å². The van der Waals surface area contributed by atoms with Gasteiger partial charge in [-0.2, -0.15) is 0 Å². The number of fused-ring (bicyclic) bond motifs is 1. The van der Waals surface area contributed by atoms with E-state index in [1.165, 1.54) is 21.3 Å². The number of pyridine rings is 1. The molecule has 6 nitrogen and oxygen atoms in total. The van der Waals surface area contributed by atoms with E-state index in [0.29, 0.717) is 11.2 Å². The smallest absolute Gasteiger partial charge is 0.304 e. The van der Waals surface area contributed by atoms with Gasteiger partial charge in [0.05, 0.1) is 5.52 Å². The van der Waals surface area contributed by atoms with E-state index < -0.39 is 11.1 Å². The van der Waals surface area contributed by atoms with Crippen LogP contribution in [0.2, 0.25) is 0 Å². The first-order valence-corrected chi connectivity index (χ1v) is 11.5. The summed E-state index contributed by atoms with van der Waals surface area (Å²) in [5, 5.41) is 0. The summed E-state index contributed by atoms with van der Waals surface area (Å²) in [7, 11) is 1.64. The molecule has 2 aromatic carbocycles. The summed E-state index contributed by atoms with van der Waals surface area (Å²) < 4.78 is 3.07. The summed E-state index contributed by atoms with van der Waals surface area (Å²) in [5.41, 5.74) is 4.96. The summed E-state index contributed by atoms with van der Waals surface area (Å²) in [4.78, 5) is 32.6. The molecule has 1 aliphatic rings. The Morgan fingerprint density at radius 3 is 2.33 bits per heavy atom. The van der Waals surface area contributed by atoms with Crippen molar-refractivity contribution in [3.8, 4) is 11.1 Å². The van der Waals surface area contributed by atoms with E-state index in [4.69, 9.17) is 0 Å². The van der Waals surface area contributed by atoms with Crippen LogP contribution >= 0.6 is 0 Å². The van der Waals surface area contributed by atoms with Crippen LogP contribution in [0.15, 0.2) is 76.3 Å². The van der Waals surface area contributed by atoms with Gasteiger partial charge < -0.3 is 4.57 Å². The second-order valence-electron chi connectivity index (χ2n) is 8.87. The Morgan fingerprint density at radius 2 is 1.58 bits per heavy atom. The van der Waals surface area contributed by atoms with Gasteiger partial charge in [-0.15, -0.1) is 0 Å². The number of rotatable bonds is 4. The monoisotopic (exact) mass is 440 g/mol. The number of hydrogen-bond donors (Lipinski definition) is 0. The molecule has 168 valence electrons. The van der Waals surface area contributed by atoms with E-state index in [9.17, 15) is 9.59 Å². The Hall–Kier alpha value is -3.51. The van der Waals surface area contributed by atoms with Crippen molar-refractivity contribution in [1.29, 1.82) is 0 Å². The van der Waals surface area contributed by atoms with Crippen LogP contribution in [0.1, 0.15) is 30.1 Å². The van der Waals surface area contributed by atoms with Crippen LogP contribution < -0.4 is 11.1 Å². The maximum Gasteiger partial charge on any atom is 0.318 e. The number of benzene rings is 2. The minimum Gasteiger partial charge on any atom is -0.304 e. The normalized spacial score (nSPS) is 15.2. The van der Waals surface area contributed by atoms with Crippen LogP contribution in [0, 0.1) is 6.92 Å². The largest absolute Gasteiger partial charge is 0.318 e. The molecule has 0 aliphatic carbocycles. The molecule has 3 heterocycles. The number of hydrogen-bond acceptors (Lipinski definition) is 4. The van der Waals surface area contributed by atoms with E-state index in [1.807, 2.05) is 25.1 Å². The minimum atomic E-state index is -0.493. The van der Waals surface area contributed by atoms with Crippen molar-refractivity contribution < 1.29 is 0 Å². The van der Waals surface area contributed by atoms with Gasteiger partial charge in [0.1, 0.15) is 0 Å². The molecule has 1 saturated heterocycles. The zero-order valence-electron chi connectivity index (χ0n) is 19.1. The standard InChI is InChI=1S/C27H28N4O2/c1-19-12-13-24-25(28-19)31(27(33)26(32)29(24)2)22-14-16-30(17-15-22)18-21-10-6-7-11-23(21)20-8-4-3-5-9-20/h3-13,22H,14-18H2,1-2H3. The summed E-state index contributed by atoms with van der Waals surface area (Å²) in [5.74, 6) is 0. The van der Waals surface area contributed by atoms with Crippen molar-refractivity contribution >= 4 is 11.2 Å². The number of piperidine rings is 1. The molecule has 0 amide bonds. The summed E-state index contributed by atoms with van der Waals surface area (Å²) in [6.07, 6.45) is 1.62. The fraction of sp³-hybridized carbons (Fsp3) is 0.296. The fourth-order valence-corrected chi connectivity index (χ4v) is 4.90. The Balaban J connectivity index is 1.40. The molecule has 0 bridgehead atoms. The van der Waals surface area contributed by atoms with Crippen LogP contribution in [0.25, 0.3) is 22.3 Å². The first kappa shape index (κ1) is 21.3. The molecule has 2 aromatic heterocycles. The van der Waals surface area contributed by atoms with Crippen molar-refractivity contribution in [1.82, 2.24) is 19.0 Å². The molecule has 5 rings (SSSR count). The molecular weight excluding hydrogens is 412 g/mol. The lowest BCUT2D eigenvalue weighted by atomic mass is 9.98. The van der Waals surface area contributed by atoms with Crippen molar-refractivity contribution in [3.05, 3.63) is 98.7 Å². The van der Waals surface area contributed by atoms with E-state index in [2.05, 4.69) is 58.4 Å². The van der Waals surface area contributed by atoms with E-state index in [0.717, 1.165) is 38.2 Å². The van der Waals surface area contributed by atoms with Gasteiger partial charge in [0, 0.05) is 38.4 Å². The van der Waals surface area contributed by atoms with Crippen molar-refractivity contribution in [2.75, 3.05) is 13.1 Å². The number of aromatic nitrogens is 3. The molecular formula is C27H28N4O2. The number of likely N-dealkylation sites (tertiary alicyclic amines) is 1. The minimum absolute atomic E-state index is 0.0242. The van der Waals surface area contributed by atoms with E-state index >= 15 is 0 Å². The third-order valence-electron chi connectivity index (χ3n) is 6.71. The summed E-state index contributed by atoms with van der Waals surface area (Å²) >= 11 is 0.